The van der Waals surface area contributed by atoms with Crippen molar-refractivity contribution in [2.45, 2.75) is 0 Å². The van der Waals surface area contributed by atoms with Crippen molar-refractivity contribution >= 4 is 11.8 Å². The highest BCUT2D eigenvalue weighted by molar-refractivity contribution is 6.21. The van der Waals surface area contributed by atoms with Crippen molar-refractivity contribution in [2.24, 2.45) is 0 Å². The Morgan fingerprint density at radius 2 is 1.42 bits per heavy atom. The lowest BCUT2D eigenvalue weighted by atomic mass is 10.1. The number of methoxy groups -OCH3 is 3. The van der Waals surface area contributed by atoms with Gasteiger partial charge in [0.15, 0.2) is 11.5 Å². The van der Waals surface area contributed by atoms with Crippen LogP contribution in [-0.2, 0) is 0 Å². The number of carbonyl (C=O) groups excluding carboxylic acids is 2. The highest BCUT2D eigenvalue weighted by Gasteiger charge is 2.34. The predicted octanol–water partition coefficient (Wildman–Crippen LogP) is 2.36. The number of benzene rings is 2. The molecule has 2 aromatic carbocycles. The molecule has 132 valence electrons. The number of nitrogens with zero attached hydrogens (tertiary/aromatic N) is 1. The minimum absolute atomic E-state index is 0.00298. The van der Waals surface area contributed by atoms with Crippen LogP contribution in [0.4, 0.5) is 0 Å². The molecule has 0 atom stereocenters. The average molecular weight is 351 g/mol. The van der Waals surface area contributed by atoms with Crippen molar-refractivity contribution in [3.05, 3.63) is 53.1 Å². The molecule has 2 aromatic rings. The van der Waals surface area contributed by atoms with Crippen molar-refractivity contribution in [3.8, 4) is 29.1 Å². The molecule has 2 amide bonds. The summed E-state index contributed by atoms with van der Waals surface area (Å²) < 4.78 is 15.8. The van der Waals surface area contributed by atoms with Gasteiger partial charge < -0.3 is 14.2 Å². The number of rotatable bonds is 4. The maximum absolute atomic E-state index is 12.3. The summed E-state index contributed by atoms with van der Waals surface area (Å²) in [5.74, 6) is 6.57. The molecule has 0 saturated carbocycles. The minimum Gasteiger partial charge on any atom is -0.493 e. The highest BCUT2D eigenvalue weighted by Crippen LogP contribution is 2.37. The Labute approximate surface area is 151 Å². The molecule has 0 unspecified atom stereocenters. The van der Waals surface area contributed by atoms with Gasteiger partial charge in [-0.3, -0.25) is 14.5 Å². The zero-order chi connectivity index (χ0) is 18.7. The molecule has 1 heterocycles. The van der Waals surface area contributed by atoms with E-state index in [2.05, 4.69) is 11.8 Å². The molecule has 0 aromatic heterocycles. The molecule has 0 bridgehead atoms. The Kier molecular flexibility index (Phi) is 4.81. The fourth-order valence-electron chi connectivity index (χ4n) is 2.76. The van der Waals surface area contributed by atoms with Gasteiger partial charge in [0, 0.05) is 5.56 Å². The van der Waals surface area contributed by atoms with Gasteiger partial charge in [0.05, 0.1) is 39.0 Å². The molecular weight excluding hydrogens is 334 g/mol. The van der Waals surface area contributed by atoms with Crippen LogP contribution in [0, 0.1) is 11.8 Å². The second kappa shape index (κ2) is 7.19. The summed E-state index contributed by atoms with van der Waals surface area (Å²) >= 11 is 0. The number of ether oxygens (including phenoxy) is 3. The van der Waals surface area contributed by atoms with Crippen LogP contribution in [0.15, 0.2) is 36.4 Å². The van der Waals surface area contributed by atoms with Crippen LogP contribution in [0.2, 0.25) is 0 Å². The number of carbonyl (C=O) groups is 2. The molecule has 0 aliphatic carbocycles. The SMILES string of the molecule is COc1cc(C#CCN2C(=O)c3ccccc3C2=O)cc(OC)c1OC. The first-order chi connectivity index (χ1) is 12.6. The standard InChI is InChI=1S/C20H17NO5/c1-24-16-11-13(12-17(25-2)18(16)26-3)7-6-10-21-19(22)14-8-4-5-9-15(14)20(21)23/h4-5,8-9,11-12H,10H2,1-3H3. The summed E-state index contributed by atoms with van der Waals surface area (Å²) in [5.41, 5.74) is 1.44. The van der Waals surface area contributed by atoms with Crippen molar-refractivity contribution in [3.63, 3.8) is 0 Å². The van der Waals surface area contributed by atoms with E-state index in [-0.39, 0.29) is 18.4 Å². The maximum Gasteiger partial charge on any atom is 0.262 e. The lowest BCUT2D eigenvalue weighted by molar-refractivity contribution is 0.0675. The van der Waals surface area contributed by atoms with Crippen LogP contribution in [-0.4, -0.2) is 44.6 Å². The normalized spacial score (nSPS) is 12.3. The molecule has 1 aliphatic rings. The van der Waals surface area contributed by atoms with E-state index in [0.717, 1.165) is 4.90 Å². The molecule has 0 saturated heterocycles. The largest absolute Gasteiger partial charge is 0.493 e. The van der Waals surface area contributed by atoms with Crippen molar-refractivity contribution in [1.29, 1.82) is 0 Å². The van der Waals surface area contributed by atoms with Gasteiger partial charge in [-0.1, -0.05) is 24.0 Å². The van der Waals surface area contributed by atoms with E-state index in [4.69, 9.17) is 14.2 Å². The van der Waals surface area contributed by atoms with E-state index in [1.54, 1.807) is 36.4 Å². The van der Waals surface area contributed by atoms with E-state index in [9.17, 15) is 9.59 Å². The third kappa shape index (κ3) is 2.95. The van der Waals surface area contributed by atoms with E-state index >= 15 is 0 Å². The van der Waals surface area contributed by atoms with E-state index in [1.165, 1.54) is 21.3 Å². The summed E-state index contributed by atoms with van der Waals surface area (Å²) in [6, 6.07) is 10.2. The monoisotopic (exact) mass is 351 g/mol. The quantitative estimate of drug-likeness (QED) is 0.625. The number of fused-ring (bicyclic) bond motifs is 1. The van der Waals surface area contributed by atoms with Crippen molar-refractivity contribution in [2.75, 3.05) is 27.9 Å². The van der Waals surface area contributed by atoms with E-state index in [1.807, 2.05) is 0 Å². The van der Waals surface area contributed by atoms with Gasteiger partial charge in [0.1, 0.15) is 0 Å². The van der Waals surface area contributed by atoms with Crippen molar-refractivity contribution < 1.29 is 23.8 Å². The van der Waals surface area contributed by atoms with Gasteiger partial charge in [-0.25, -0.2) is 0 Å². The lowest BCUT2D eigenvalue weighted by Crippen LogP contribution is -2.29. The van der Waals surface area contributed by atoms with Crippen LogP contribution in [0.25, 0.3) is 0 Å². The Hall–Kier alpha value is -3.46. The van der Waals surface area contributed by atoms with Gasteiger partial charge >= 0.3 is 0 Å². The van der Waals surface area contributed by atoms with Gasteiger partial charge in [-0.15, -0.1) is 0 Å². The van der Waals surface area contributed by atoms with Gasteiger partial charge in [-0.05, 0) is 24.3 Å². The van der Waals surface area contributed by atoms with E-state index in [0.29, 0.717) is 33.9 Å². The molecule has 1 aliphatic heterocycles. The minimum atomic E-state index is -0.329. The van der Waals surface area contributed by atoms with Gasteiger partial charge in [0.2, 0.25) is 5.75 Å². The Bertz CT molecular complexity index is 879. The summed E-state index contributed by atoms with van der Waals surface area (Å²) in [4.78, 5) is 25.8. The predicted molar refractivity (Wildman–Crippen MR) is 94.8 cm³/mol. The first kappa shape index (κ1) is 17.4. The molecule has 26 heavy (non-hydrogen) atoms. The number of hydrogen-bond donors (Lipinski definition) is 0. The molecule has 0 N–H and O–H groups in total. The molecule has 0 fully saturated rings. The van der Waals surface area contributed by atoms with Crippen molar-refractivity contribution in [1.82, 2.24) is 4.90 Å². The molecule has 0 radical (unpaired) electrons. The third-order valence-corrected chi connectivity index (χ3v) is 4.01. The first-order valence-corrected chi connectivity index (χ1v) is 7.84. The van der Waals surface area contributed by atoms with Crippen LogP contribution in [0.1, 0.15) is 26.3 Å². The number of amides is 2. The van der Waals surface area contributed by atoms with E-state index < -0.39 is 0 Å². The molecule has 0 spiro atoms. The second-order valence-electron chi connectivity index (χ2n) is 5.46. The maximum atomic E-state index is 12.3. The summed E-state index contributed by atoms with van der Waals surface area (Å²) in [7, 11) is 4.56. The number of hydrogen-bond acceptors (Lipinski definition) is 5. The fourth-order valence-corrected chi connectivity index (χ4v) is 2.76. The summed E-state index contributed by atoms with van der Waals surface area (Å²) in [5, 5.41) is 0. The zero-order valence-corrected chi connectivity index (χ0v) is 14.7. The second-order valence-corrected chi connectivity index (χ2v) is 5.46. The smallest absolute Gasteiger partial charge is 0.262 e. The van der Waals surface area contributed by atoms with Crippen LogP contribution in [0.3, 0.4) is 0 Å². The van der Waals surface area contributed by atoms with Gasteiger partial charge in [0.25, 0.3) is 11.8 Å². The first-order valence-electron chi connectivity index (χ1n) is 7.84. The topological polar surface area (TPSA) is 65.1 Å². The number of imide groups is 1. The Balaban J connectivity index is 1.83. The zero-order valence-electron chi connectivity index (χ0n) is 14.7. The summed E-state index contributed by atoms with van der Waals surface area (Å²) in [6.45, 7) is 0.00298. The third-order valence-electron chi connectivity index (χ3n) is 4.01. The molecular formula is C20H17NO5. The van der Waals surface area contributed by atoms with Crippen LogP contribution < -0.4 is 14.2 Å². The van der Waals surface area contributed by atoms with Gasteiger partial charge in [-0.2, -0.15) is 0 Å². The van der Waals surface area contributed by atoms with Crippen LogP contribution in [0.5, 0.6) is 17.2 Å². The fraction of sp³-hybridized carbons (Fsp3) is 0.200. The molecule has 6 heteroatoms. The lowest BCUT2D eigenvalue weighted by Gasteiger charge is -2.12. The summed E-state index contributed by atoms with van der Waals surface area (Å²) in [6.07, 6.45) is 0. The van der Waals surface area contributed by atoms with Crippen LogP contribution >= 0.6 is 0 Å². The highest BCUT2D eigenvalue weighted by atomic mass is 16.5. The molecule has 6 nitrogen and oxygen atoms in total. The molecule has 3 rings (SSSR count). The average Bonchev–Trinajstić information content (AvgIpc) is 2.92. The Morgan fingerprint density at radius 1 is 0.885 bits per heavy atom. The Morgan fingerprint density at radius 3 is 1.88 bits per heavy atom.